The van der Waals surface area contributed by atoms with E-state index in [1.165, 1.54) is 4.90 Å². The van der Waals surface area contributed by atoms with Crippen molar-refractivity contribution in [2.45, 2.75) is 25.9 Å². The zero-order valence-corrected chi connectivity index (χ0v) is 17.4. The van der Waals surface area contributed by atoms with Crippen LogP contribution < -0.4 is 11.1 Å². The number of aryl methyl sites for hydroxylation is 1. The van der Waals surface area contributed by atoms with Gasteiger partial charge in [-0.05, 0) is 37.5 Å². The maximum atomic E-state index is 13.0. The molecule has 158 valence electrons. The Morgan fingerprint density at radius 3 is 2.60 bits per heavy atom. The second-order valence-corrected chi connectivity index (χ2v) is 7.71. The summed E-state index contributed by atoms with van der Waals surface area (Å²) in [7, 11) is 0. The minimum atomic E-state index is -1.14. The molecule has 0 radical (unpaired) electrons. The summed E-state index contributed by atoms with van der Waals surface area (Å²) in [5.41, 5.74) is 7.28. The van der Waals surface area contributed by atoms with E-state index in [1.807, 2.05) is 13.0 Å². The van der Waals surface area contributed by atoms with Crippen molar-refractivity contribution in [3.05, 3.63) is 64.7 Å². The molecule has 0 spiro atoms. The number of anilines is 1. The number of carbonyl (C=O) groups excluding carboxylic acids is 3. The van der Waals surface area contributed by atoms with Crippen molar-refractivity contribution in [1.29, 1.82) is 0 Å². The van der Waals surface area contributed by atoms with Gasteiger partial charge in [-0.2, -0.15) is 0 Å². The molecule has 1 aliphatic heterocycles. The van der Waals surface area contributed by atoms with Crippen molar-refractivity contribution < 1.29 is 19.1 Å². The van der Waals surface area contributed by atoms with Crippen LogP contribution in [0, 0.1) is 12.8 Å². The summed E-state index contributed by atoms with van der Waals surface area (Å²) in [6.45, 7) is 2.56. The van der Waals surface area contributed by atoms with E-state index in [2.05, 4.69) is 5.32 Å². The Morgan fingerprint density at radius 1 is 1.20 bits per heavy atom. The zero-order chi connectivity index (χ0) is 21.7. The number of primary amides is 1. The average molecular weight is 430 g/mol. The first kappa shape index (κ1) is 21.6. The van der Waals surface area contributed by atoms with Gasteiger partial charge in [0.25, 0.3) is 5.91 Å². The van der Waals surface area contributed by atoms with E-state index < -0.39 is 29.9 Å². The first-order valence-electron chi connectivity index (χ1n) is 9.72. The Bertz CT molecular complexity index is 935. The van der Waals surface area contributed by atoms with E-state index in [0.29, 0.717) is 35.7 Å². The molecule has 1 heterocycles. The van der Waals surface area contributed by atoms with Gasteiger partial charge in [0.1, 0.15) is 0 Å². The number of nitrogens with zero attached hydrogens (tertiary/aromatic N) is 1. The zero-order valence-electron chi connectivity index (χ0n) is 16.6. The van der Waals surface area contributed by atoms with Crippen molar-refractivity contribution >= 4 is 35.2 Å². The number of likely N-dealkylation sites (tertiary alicyclic amines) is 1. The van der Waals surface area contributed by atoms with Crippen LogP contribution >= 0.6 is 11.6 Å². The lowest BCUT2D eigenvalue weighted by atomic mass is 9.98. The van der Waals surface area contributed by atoms with Crippen molar-refractivity contribution in [2.75, 3.05) is 18.4 Å². The van der Waals surface area contributed by atoms with E-state index in [4.69, 9.17) is 22.1 Å². The lowest BCUT2D eigenvalue weighted by molar-refractivity contribution is -0.160. The van der Waals surface area contributed by atoms with Crippen LogP contribution in [-0.2, 0) is 14.3 Å². The number of benzene rings is 2. The van der Waals surface area contributed by atoms with Gasteiger partial charge >= 0.3 is 12.0 Å². The van der Waals surface area contributed by atoms with Crippen LogP contribution in [0.5, 0.6) is 0 Å². The number of hydrogen-bond donors (Lipinski definition) is 2. The SMILES string of the molecule is Cc1ccc(NC(=O)[C@H](OC(=O)[C@@H]2CCCN(C(N)=O)C2)c2ccccc2)cc1Cl. The third-order valence-corrected chi connectivity index (χ3v) is 5.49. The Labute approximate surface area is 180 Å². The molecule has 0 bridgehead atoms. The highest BCUT2D eigenvalue weighted by Gasteiger charge is 2.33. The average Bonchev–Trinajstić information content (AvgIpc) is 2.75. The van der Waals surface area contributed by atoms with Gasteiger partial charge in [0.15, 0.2) is 0 Å². The van der Waals surface area contributed by atoms with Crippen molar-refractivity contribution in [3.8, 4) is 0 Å². The molecule has 3 rings (SSSR count). The normalized spacial score (nSPS) is 17.1. The second kappa shape index (κ2) is 9.63. The molecule has 0 aliphatic carbocycles. The topological polar surface area (TPSA) is 102 Å². The van der Waals surface area contributed by atoms with Crippen LogP contribution in [0.4, 0.5) is 10.5 Å². The molecule has 30 heavy (non-hydrogen) atoms. The number of hydrogen-bond acceptors (Lipinski definition) is 4. The number of rotatable bonds is 5. The van der Waals surface area contributed by atoms with Crippen LogP contribution in [0.15, 0.2) is 48.5 Å². The quantitative estimate of drug-likeness (QED) is 0.708. The lowest BCUT2D eigenvalue weighted by Gasteiger charge is -2.31. The molecule has 1 saturated heterocycles. The number of nitrogens with one attached hydrogen (secondary N) is 1. The number of amides is 3. The van der Waals surface area contributed by atoms with E-state index >= 15 is 0 Å². The summed E-state index contributed by atoms with van der Waals surface area (Å²) in [4.78, 5) is 38.7. The highest BCUT2D eigenvalue weighted by Crippen LogP contribution is 2.26. The fraction of sp³-hybridized carbons (Fsp3) is 0.318. The van der Waals surface area contributed by atoms with E-state index in [0.717, 1.165) is 5.56 Å². The summed E-state index contributed by atoms with van der Waals surface area (Å²) in [5, 5.41) is 3.28. The largest absolute Gasteiger partial charge is 0.447 e. The third kappa shape index (κ3) is 5.30. The Kier molecular flexibility index (Phi) is 6.95. The molecule has 7 nitrogen and oxygen atoms in total. The summed E-state index contributed by atoms with van der Waals surface area (Å²) in [5.74, 6) is -1.55. The number of ether oxygens (including phenoxy) is 1. The summed E-state index contributed by atoms with van der Waals surface area (Å²) in [6, 6.07) is 13.4. The monoisotopic (exact) mass is 429 g/mol. The Hall–Kier alpha value is -3.06. The first-order valence-corrected chi connectivity index (χ1v) is 10.1. The van der Waals surface area contributed by atoms with Gasteiger partial charge in [-0.1, -0.05) is 48.0 Å². The standard InChI is InChI=1S/C22H24ClN3O4/c1-14-9-10-17(12-18(14)23)25-20(27)19(15-6-3-2-4-7-15)30-21(28)16-8-5-11-26(13-16)22(24)29/h2-4,6-7,9-10,12,16,19H,5,8,11,13H2,1H3,(H2,24,29)(H,25,27)/t16-,19-/m1/s1. The Balaban J connectivity index is 1.77. The van der Waals surface area contributed by atoms with Crippen molar-refractivity contribution in [3.63, 3.8) is 0 Å². The predicted octanol–water partition coefficient (Wildman–Crippen LogP) is 3.66. The van der Waals surface area contributed by atoms with Gasteiger partial charge in [0.05, 0.1) is 5.92 Å². The number of carbonyl (C=O) groups is 3. The van der Waals surface area contributed by atoms with Gasteiger partial charge in [0, 0.05) is 29.4 Å². The molecule has 0 saturated carbocycles. The molecule has 3 amide bonds. The Morgan fingerprint density at radius 2 is 1.93 bits per heavy atom. The maximum absolute atomic E-state index is 13.0. The molecule has 1 aliphatic rings. The van der Waals surface area contributed by atoms with Gasteiger partial charge in [0.2, 0.25) is 6.10 Å². The van der Waals surface area contributed by atoms with Crippen LogP contribution in [-0.4, -0.2) is 35.9 Å². The van der Waals surface area contributed by atoms with Gasteiger partial charge in [-0.3, -0.25) is 9.59 Å². The molecular formula is C22H24ClN3O4. The van der Waals surface area contributed by atoms with E-state index in [-0.39, 0.29) is 6.54 Å². The molecule has 0 aromatic heterocycles. The number of urea groups is 1. The molecule has 3 N–H and O–H groups in total. The minimum Gasteiger partial charge on any atom is -0.447 e. The van der Waals surface area contributed by atoms with Gasteiger partial charge < -0.3 is 20.7 Å². The molecule has 8 heteroatoms. The second-order valence-electron chi connectivity index (χ2n) is 7.30. The van der Waals surface area contributed by atoms with Gasteiger partial charge in [-0.25, -0.2) is 4.79 Å². The van der Waals surface area contributed by atoms with Crippen LogP contribution in [0.1, 0.15) is 30.1 Å². The minimum absolute atomic E-state index is 0.185. The summed E-state index contributed by atoms with van der Waals surface area (Å²) >= 11 is 6.14. The number of halogens is 1. The van der Waals surface area contributed by atoms with E-state index in [9.17, 15) is 14.4 Å². The molecule has 2 aromatic rings. The van der Waals surface area contributed by atoms with E-state index in [1.54, 1.807) is 42.5 Å². The maximum Gasteiger partial charge on any atom is 0.314 e. The number of piperidine rings is 1. The summed E-state index contributed by atoms with van der Waals surface area (Å²) in [6.07, 6.45) is 0.0780. The fourth-order valence-corrected chi connectivity index (χ4v) is 3.54. The third-order valence-electron chi connectivity index (χ3n) is 5.08. The smallest absolute Gasteiger partial charge is 0.314 e. The van der Waals surface area contributed by atoms with Crippen molar-refractivity contribution in [1.82, 2.24) is 4.90 Å². The highest BCUT2D eigenvalue weighted by atomic mass is 35.5. The van der Waals surface area contributed by atoms with Crippen LogP contribution in [0.3, 0.4) is 0 Å². The highest BCUT2D eigenvalue weighted by molar-refractivity contribution is 6.31. The lowest BCUT2D eigenvalue weighted by Crippen LogP contribution is -2.45. The van der Waals surface area contributed by atoms with Crippen LogP contribution in [0.25, 0.3) is 0 Å². The molecule has 2 aromatic carbocycles. The van der Waals surface area contributed by atoms with Crippen molar-refractivity contribution in [2.24, 2.45) is 11.7 Å². The molecule has 2 atom stereocenters. The molecule has 0 unspecified atom stereocenters. The fourth-order valence-electron chi connectivity index (χ4n) is 3.36. The molecular weight excluding hydrogens is 406 g/mol. The van der Waals surface area contributed by atoms with Gasteiger partial charge in [-0.15, -0.1) is 0 Å². The predicted molar refractivity (Wildman–Crippen MR) is 114 cm³/mol. The molecule has 1 fully saturated rings. The summed E-state index contributed by atoms with van der Waals surface area (Å²) < 4.78 is 5.63. The first-order chi connectivity index (χ1) is 14.3. The van der Waals surface area contributed by atoms with Crippen LogP contribution in [0.2, 0.25) is 5.02 Å². The number of esters is 1. The number of nitrogens with two attached hydrogens (primary N) is 1.